The molecule has 0 aromatic rings. The summed E-state index contributed by atoms with van der Waals surface area (Å²) in [5.41, 5.74) is -0.657. The highest BCUT2D eigenvalue weighted by Crippen LogP contribution is 2.20. The van der Waals surface area contributed by atoms with Crippen LogP contribution in [0.5, 0.6) is 0 Å². The van der Waals surface area contributed by atoms with Crippen molar-refractivity contribution in [2.45, 2.75) is 18.4 Å². The van der Waals surface area contributed by atoms with Crippen LogP contribution >= 0.6 is 0 Å². The van der Waals surface area contributed by atoms with Crippen molar-refractivity contribution in [3.63, 3.8) is 0 Å². The third-order valence-electron chi connectivity index (χ3n) is 2.37. The number of hydrogen-bond acceptors (Lipinski definition) is 4. The number of aldehydes is 1. The molecular weight excluding hydrogens is 170 g/mol. The minimum Gasteiger partial charge on any atom is -0.388 e. The molecule has 1 aliphatic heterocycles. The maximum absolute atomic E-state index is 10.2. The number of carbonyl (C=O) groups is 1. The first-order chi connectivity index (χ1) is 6.16. The first-order valence-corrected chi connectivity index (χ1v) is 4.59. The molecular formula is C9H17NO3. The predicted octanol–water partition coefficient (Wildman–Crippen LogP) is -0.341. The number of nitrogens with zero attached hydrogens (tertiary/aromatic N) is 1. The molecule has 1 heterocycles. The Kier molecular flexibility index (Phi) is 3.84. The summed E-state index contributed by atoms with van der Waals surface area (Å²) < 4.78 is 5.16. The average molecular weight is 187 g/mol. The van der Waals surface area contributed by atoms with Gasteiger partial charge in [0.05, 0.1) is 12.1 Å². The lowest BCUT2D eigenvalue weighted by Gasteiger charge is -2.34. The van der Waals surface area contributed by atoms with Crippen molar-refractivity contribution < 1.29 is 14.6 Å². The number of rotatable bonds is 4. The molecule has 4 nitrogen and oxygen atoms in total. The van der Waals surface area contributed by atoms with Crippen LogP contribution in [0.25, 0.3) is 0 Å². The molecule has 0 saturated carbocycles. The highest BCUT2D eigenvalue weighted by atomic mass is 16.5. The van der Waals surface area contributed by atoms with Gasteiger partial charge < -0.3 is 14.6 Å². The highest BCUT2D eigenvalue weighted by Gasteiger charge is 2.30. The van der Waals surface area contributed by atoms with E-state index in [2.05, 4.69) is 0 Å². The Balaban J connectivity index is 2.35. The van der Waals surface area contributed by atoms with Crippen molar-refractivity contribution in [1.82, 2.24) is 4.90 Å². The fourth-order valence-corrected chi connectivity index (χ4v) is 1.60. The van der Waals surface area contributed by atoms with Gasteiger partial charge in [0.25, 0.3) is 0 Å². The van der Waals surface area contributed by atoms with Crippen LogP contribution in [0.3, 0.4) is 0 Å². The monoisotopic (exact) mass is 187 g/mol. The zero-order valence-corrected chi connectivity index (χ0v) is 8.03. The first kappa shape index (κ1) is 10.6. The Bertz CT molecular complexity index is 166. The third-order valence-corrected chi connectivity index (χ3v) is 2.37. The molecule has 0 atom stereocenters. The zero-order valence-electron chi connectivity index (χ0n) is 8.03. The topological polar surface area (TPSA) is 49.8 Å². The van der Waals surface area contributed by atoms with Crippen molar-refractivity contribution in [3.05, 3.63) is 0 Å². The van der Waals surface area contributed by atoms with Gasteiger partial charge in [-0.3, -0.25) is 4.90 Å². The number of likely N-dealkylation sites (N-methyl/N-ethyl adjacent to an activating group) is 1. The molecule has 1 fully saturated rings. The molecule has 4 heteroatoms. The van der Waals surface area contributed by atoms with Crippen molar-refractivity contribution in [3.8, 4) is 0 Å². The maximum atomic E-state index is 10.2. The summed E-state index contributed by atoms with van der Waals surface area (Å²) in [4.78, 5) is 12.0. The van der Waals surface area contributed by atoms with E-state index < -0.39 is 5.60 Å². The molecule has 1 N–H and O–H groups in total. The van der Waals surface area contributed by atoms with E-state index in [1.807, 2.05) is 11.9 Å². The van der Waals surface area contributed by atoms with E-state index in [0.29, 0.717) is 39.1 Å². The van der Waals surface area contributed by atoms with E-state index in [0.717, 1.165) is 6.29 Å². The Hall–Kier alpha value is -0.450. The highest BCUT2D eigenvalue weighted by molar-refractivity contribution is 5.51. The van der Waals surface area contributed by atoms with Gasteiger partial charge in [0, 0.05) is 32.6 Å². The predicted molar refractivity (Wildman–Crippen MR) is 48.6 cm³/mol. The van der Waals surface area contributed by atoms with Gasteiger partial charge in [0.2, 0.25) is 0 Å². The molecule has 1 saturated heterocycles. The van der Waals surface area contributed by atoms with E-state index in [9.17, 15) is 9.90 Å². The lowest BCUT2D eigenvalue weighted by Crippen LogP contribution is -2.46. The molecule has 0 aromatic heterocycles. The van der Waals surface area contributed by atoms with Crippen LogP contribution in [0.1, 0.15) is 12.8 Å². The minimum atomic E-state index is -0.657. The van der Waals surface area contributed by atoms with E-state index in [1.165, 1.54) is 0 Å². The van der Waals surface area contributed by atoms with Crippen LogP contribution in [0, 0.1) is 0 Å². The SMILES string of the molecule is CN(CC=O)CC1(O)CCOCC1. The van der Waals surface area contributed by atoms with Gasteiger partial charge in [-0.15, -0.1) is 0 Å². The van der Waals surface area contributed by atoms with Gasteiger partial charge in [0.15, 0.2) is 0 Å². The molecule has 0 aromatic carbocycles. The number of aliphatic hydroxyl groups is 1. The minimum absolute atomic E-state index is 0.378. The Morgan fingerprint density at radius 3 is 2.69 bits per heavy atom. The summed E-state index contributed by atoms with van der Waals surface area (Å²) in [6.45, 7) is 2.16. The molecule has 0 radical (unpaired) electrons. The fraction of sp³-hybridized carbons (Fsp3) is 0.889. The normalized spacial score (nSPS) is 21.8. The molecule has 0 spiro atoms. The molecule has 0 bridgehead atoms. The first-order valence-electron chi connectivity index (χ1n) is 4.59. The van der Waals surface area contributed by atoms with Gasteiger partial charge in [-0.2, -0.15) is 0 Å². The van der Waals surface area contributed by atoms with Crippen LogP contribution < -0.4 is 0 Å². The van der Waals surface area contributed by atoms with Gasteiger partial charge >= 0.3 is 0 Å². The largest absolute Gasteiger partial charge is 0.388 e. The molecule has 1 aliphatic rings. The van der Waals surface area contributed by atoms with Crippen LogP contribution in [-0.4, -0.2) is 55.2 Å². The Labute approximate surface area is 78.5 Å². The zero-order chi connectivity index (χ0) is 9.73. The van der Waals surface area contributed by atoms with Crippen LogP contribution in [-0.2, 0) is 9.53 Å². The maximum Gasteiger partial charge on any atom is 0.133 e. The molecule has 0 unspecified atom stereocenters. The molecule has 13 heavy (non-hydrogen) atoms. The second-order valence-electron chi connectivity index (χ2n) is 3.70. The summed E-state index contributed by atoms with van der Waals surface area (Å²) in [5, 5.41) is 10.0. The standard InChI is InChI=1S/C9H17NO3/c1-10(4-5-11)8-9(12)2-6-13-7-3-9/h5,12H,2-4,6-8H2,1H3. The van der Waals surface area contributed by atoms with Gasteiger partial charge in [0.1, 0.15) is 6.29 Å². The molecule has 0 amide bonds. The smallest absolute Gasteiger partial charge is 0.133 e. The van der Waals surface area contributed by atoms with Crippen molar-refractivity contribution in [2.75, 3.05) is 33.4 Å². The van der Waals surface area contributed by atoms with E-state index >= 15 is 0 Å². The summed E-state index contributed by atoms with van der Waals surface area (Å²) in [6.07, 6.45) is 2.18. The second kappa shape index (κ2) is 4.69. The molecule has 76 valence electrons. The van der Waals surface area contributed by atoms with Crippen molar-refractivity contribution in [1.29, 1.82) is 0 Å². The molecule has 0 aliphatic carbocycles. The number of hydrogen-bond donors (Lipinski definition) is 1. The quantitative estimate of drug-likeness (QED) is 0.612. The van der Waals surface area contributed by atoms with Crippen LogP contribution in [0.15, 0.2) is 0 Å². The van der Waals surface area contributed by atoms with Crippen molar-refractivity contribution >= 4 is 6.29 Å². The summed E-state index contributed by atoms with van der Waals surface area (Å²) in [6, 6.07) is 0. The van der Waals surface area contributed by atoms with Gasteiger partial charge in [-0.1, -0.05) is 0 Å². The summed E-state index contributed by atoms with van der Waals surface area (Å²) in [5.74, 6) is 0. The van der Waals surface area contributed by atoms with Crippen molar-refractivity contribution in [2.24, 2.45) is 0 Å². The lowest BCUT2D eigenvalue weighted by molar-refractivity contribution is -0.110. The number of ether oxygens (including phenoxy) is 1. The lowest BCUT2D eigenvalue weighted by atomic mass is 9.94. The van der Waals surface area contributed by atoms with Crippen LogP contribution in [0.4, 0.5) is 0 Å². The number of carbonyl (C=O) groups excluding carboxylic acids is 1. The van der Waals surface area contributed by atoms with E-state index in [-0.39, 0.29) is 0 Å². The Morgan fingerprint density at radius 2 is 2.15 bits per heavy atom. The average Bonchev–Trinajstić information content (AvgIpc) is 2.04. The Morgan fingerprint density at radius 1 is 1.54 bits per heavy atom. The summed E-state index contributed by atoms with van der Waals surface area (Å²) in [7, 11) is 1.84. The third kappa shape index (κ3) is 3.42. The summed E-state index contributed by atoms with van der Waals surface area (Å²) >= 11 is 0. The van der Waals surface area contributed by atoms with Gasteiger partial charge in [-0.05, 0) is 7.05 Å². The van der Waals surface area contributed by atoms with Crippen LogP contribution in [0.2, 0.25) is 0 Å². The van der Waals surface area contributed by atoms with E-state index in [1.54, 1.807) is 0 Å². The second-order valence-corrected chi connectivity index (χ2v) is 3.70. The van der Waals surface area contributed by atoms with Gasteiger partial charge in [-0.25, -0.2) is 0 Å². The fourth-order valence-electron chi connectivity index (χ4n) is 1.60. The molecule has 1 rings (SSSR count). The van der Waals surface area contributed by atoms with E-state index in [4.69, 9.17) is 4.74 Å².